The molecule has 1 heterocycles. The minimum absolute atomic E-state index is 0.0384. The van der Waals surface area contributed by atoms with Crippen molar-refractivity contribution >= 4 is 23.4 Å². The van der Waals surface area contributed by atoms with Crippen LogP contribution in [0, 0.1) is 11.7 Å². The van der Waals surface area contributed by atoms with Crippen molar-refractivity contribution in [3.05, 3.63) is 64.4 Å². The van der Waals surface area contributed by atoms with Crippen LogP contribution in [0.3, 0.4) is 0 Å². The van der Waals surface area contributed by atoms with Crippen LogP contribution in [0.15, 0.2) is 42.5 Å². The zero-order valence-corrected chi connectivity index (χ0v) is 17.3. The second-order valence-electron chi connectivity index (χ2n) is 7.95. The van der Waals surface area contributed by atoms with Gasteiger partial charge in [0.25, 0.3) is 11.8 Å². The zero-order chi connectivity index (χ0) is 21.1. The normalized spacial score (nSPS) is 16.9. The summed E-state index contributed by atoms with van der Waals surface area (Å²) >= 11 is 5.79. The maximum absolute atomic E-state index is 13.3. The summed E-state index contributed by atoms with van der Waals surface area (Å²) in [5.41, 5.74) is 1.05. The molecule has 1 aliphatic heterocycles. The number of nitrogens with one attached hydrogen (secondary N) is 1. The van der Waals surface area contributed by atoms with Crippen molar-refractivity contribution in [2.24, 2.45) is 5.92 Å². The van der Waals surface area contributed by atoms with E-state index in [9.17, 15) is 14.0 Å². The van der Waals surface area contributed by atoms with Gasteiger partial charge in [-0.1, -0.05) is 11.6 Å². The van der Waals surface area contributed by atoms with Crippen LogP contribution in [0.25, 0.3) is 0 Å². The monoisotopic (exact) mass is 430 g/mol. The fraction of sp³-hybridized carbons (Fsp3) is 0.391. The van der Waals surface area contributed by atoms with Crippen molar-refractivity contribution in [2.45, 2.75) is 31.7 Å². The Bertz CT molecular complexity index is 923. The number of carbonyl (C=O) groups is 2. The molecule has 2 amide bonds. The number of piperidine rings is 1. The van der Waals surface area contributed by atoms with E-state index in [1.807, 2.05) is 12.1 Å². The van der Waals surface area contributed by atoms with Gasteiger partial charge >= 0.3 is 0 Å². The molecule has 0 atom stereocenters. The van der Waals surface area contributed by atoms with Crippen LogP contribution in [-0.2, 0) is 0 Å². The number of carbonyl (C=O) groups excluding carboxylic acids is 2. The molecule has 1 N–H and O–H groups in total. The molecule has 0 unspecified atom stereocenters. The van der Waals surface area contributed by atoms with Crippen molar-refractivity contribution in [2.75, 3.05) is 19.7 Å². The lowest BCUT2D eigenvalue weighted by atomic mass is 9.97. The average Bonchev–Trinajstić information content (AvgIpc) is 3.58. The summed E-state index contributed by atoms with van der Waals surface area (Å²) in [7, 11) is 0. The summed E-state index contributed by atoms with van der Waals surface area (Å²) in [6, 6.07) is 11.6. The Labute approximate surface area is 180 Å². The lowest BCUT2D eigenvalue weighted by Gasteiger charge is -2.32. The van der Waals surface area contributed by atoms with Crippen LogP contribution in [0.4, 0.5) is 4.39 Å². The van der Waals surface area contributed by atoms with Crippen molar-refractivity contribution in [3.8, 4) is 5.75 Å². The Morgan fingerprint density at radius 1 is 1.03 bits per heavy atom. The fourth-order valence-electron chi connectivity index (χ4n) is 3.53. The first-order valence-corrected chi connectivity index (χ1v) is 10.7. The van der Waals surface area contributed by atoms with Crippen LogP contribution in [0.2, 0.25) is 5.02 Å². The van der Waals surface area contributed by atoms with Gasteiger partial charge in [0.05, 0.1) is 11.6 Å². The molecule has 0 radical (unpaired) electrons. The molecular formula is C23H24ClFN2O3. The van der Waals surface area contributed by atoms with Crippen LogP contribution >= 0.6 is 11.6 Å². The molecule has 2 aromatic carbocycles. The van der Waals surface area contributed by atoms with E-state index in [1.54, 1.807) is 17.0 Å². The summed E-state index contributed by atoms with van der Waals surface area (Å²) in [6.45, 7) is 1.82. The van der Waals surface area contributed by atoms with Gasteiger partial charge in [-0.15, -0.1) is 0 Å². The van der Waals surface area contributed by atoms with Gasteiger partial charge in [-0.2, -0.15) is 0 Å². The Kier molecular flexibility index (Phi) is 6.23. The standard InChI is InChI=1S/C23H24ClFN2O3/c24-20-13-17(3-8-21(20)25)23(29)27-11-9-15(10-12-27)14-30-19-6-1-16(2-7-19)22(28)26-18-4-5-18/h1-3,6-8,13,15,18H,4-5,9-12,14H2,(H,26,28). The van der Waals surface area contributed by atoms with Crippen molar-refractivity contribution < 1.29 is 18.7 Å². The van der Waals surface area contributed by atoms with Crippen LogP contribution in [-0.4, -0.2) is 42.5 Å². The SMILES string of the molecule is O=C(NC1CC1)c1ccc(OCC2CCN(C(=O)c3ccc(F)c(Cl)c3)CC2)cc1. The summed E-state index contributed by atoms with van der Waals surface area (Å²) in [5.74, 6) is 0.390. The number of hydrogen-bond donors (Lipinski definition) is 1. The van der Waals surface area contributed by atoms with Gasteiger partial charge in [-0.3, -0.25) is 9.59 Å². The first kappa shape index (κ1) is 20.7. The number of ether oxygens (including phenoxy) is 1. The summed E-state index contributed by atoms with van der Waals surface area (Å²) < 4.78 is 19.2. The first-order valence-electron chi connectivity index (χ1n) is 10.3. The van der Waals surface area contributed by atoms with E-state index in [2.05, 4.69) is 5.32 Å². The molecule has 2 aromatic rings. The molecule has 30 heavy (non-hydrogen) atoms. The van der Waals surface area contributed by atoms with E-state index in [1.165, 1.54) is 18.2 Å². The van der Waals surface area contributed by atoms with Crippen LogP contribution in [0.1, 0.15) is 46.4 Å². The number of nitrogens with zero attached hydrogens (tertiary/aromatic N) is 1. The highest BCUT2D eigenvalue weighted by atomic mass is 35.5. The van der Waals surface area contributed by atoms with Crippen LogP contribution < -0.4 is 10.1 Å². The Morgan fingerprint density at radius 3 is 2.33 bits per heavy atom. The third-order valence-electron chi connectivity index (χ3n) is 5.58. The highest BCUT2D eigenvalue weighted by molar-refractivity contribution is 6.31. The van der Waals surface area contributed by atoms with E-state index < -0.39 is 5.82 Å². The molecule has 2 aliphatic rings. The van der Waals surface area contributed by atoms with E-state index in [0.29, 0.717) is 42.8 Å². The highest BCUT2D eigenvalue weighted by Gasteiger charge is 2.25. The van der Waals surface area contributed by atoms with Gasteiger partial charge in [0.1, 0.15) is 11.6 Å². The maximum Gasteiger partial charge on any atom is 0.253 e. The molecule has 0 aromatic heterocycles. The number of rotatable bonds is 6. The molecule has 4 rings (SSSR count). The minimum Gasteiger partial charge on any atom is -0.493 e. The molecular weight excluding hydrogens is 407 g/mol. The van der Waals surface area contributed by atoms with E-state index >= 15 is 0 Å². The molecule has 0 bridgehead atoms. The van der Waals surface area contributed by atoms with Gasteiger partial charge in [-0.05, 0) is 74.1 Å². The number of hydrogen-bond acceptors (Lipinski definition) is 3. The Hall–Kier alpha value is -2.60. The molecule has 7 heteroatoms. The lowest BCUT2D eigenvalue weighted by Crippen LogP contribution is -2.39. The van der Waals surface area contributed by atoms with Crippen molar-refractivity contribution in [3.63, 3.8) is 0 Å². The van der Waals surface area contributed by atoms with E-state index in [-0.39, 0.29) is 16.8 Å². The second-order valence-corrected chi connectivity index (χ2v) is 8.35. The molecule has 1 saturated carbocycles. The van der Waals surface area contributed by atoms with Gasteiger partial charge in [0, 0.05) is 30.3 Å². The second kappa shape index (κ2) is 9.04. The van der Waals surface area contributed by atoms with Crippen LogP contribution in [0.5, 0.6) is 5.75 Å². The maximum atomic E-state index is 13.3. The molecule has 1 saturated heterocycles. The average molecular weight is 431 g/mol. The number of likely N-dealkylation sites (tertiary alicyclic amines) is 1. The quantitative estimate of drug-likeness (QED) is 0.743. The molecule has 0 spiro atoms. The molecule has 1 aliphatic carbocycles. The van der Waals surface area contributed by atoms with Gasteiger partial charge in [0.15, 0.2) is 0 Å². The third-order valence-corrected chi connectivity index (χ3v) is 5.87. The summed E-state index contributed by atoms with van der Waals surface area (Å²) in [6.07, 6.45) is 3.80. The van der Waals surface area contributed by atoms with Gasteiger partial charge in [-0.25, -0.2) is 4.39 Å². The predicted molar refractivity (Wildman–Crippen MR) is 112 cm³/mol. The minimum atomic E-state index is -0.527. The largest absolute Gasteiger partial charge is 0.493 e. The van der Waals surface area contributed by atoms with Gasteiger partial charge in [0.2, 0.25) is 0 Å². The Balaban J connectivity index is 1.23. The lowest BCUT2D eigenvalue weighted by molar-refractivity contribution is 0.0660. The smallest absolute Gasteiger partial charge is 0.253 e. The summed E-state index contributed by atoms with van der Waals surface area (Å²) in [4.78, 5) is 26.4. The van der Waals surface area contributed by atoms with E-state index in [4.69, 9.17) is 16.3 Å². The zero-order valence-electron chi connectivity index (χ0n) is 16.6. The molecule has 5 nitrogen and oxygen atoms in total. The van der Waals surface area contributed by atoms with Gasteiger partial charge < -0.3 is 15.0 Å². The fourth-order valence-corrected chi connectivity index (χ4v) is 3.71. The predicted octanol–water partition coefficient (Wildman–Crippen LogP) is 4.30. The number of benzene rings is 2. The third kappa shape index (κ3) is 5.11. The van der Waals surface area contributed by atoms with E-state index in [0.717, 1.165) is 31.4 Å². The van der Waals surface area contributed by atoms with Crippen molar-refractivity contribution in [1.29, 1.82) is 0 Å². The first-order chi connectivity index (χ1) is 14.5. The number of halogens is 2. The molecule has 158 valence electrons. The van der Waals surface area contributed by atoms with Crippen molar-refractivity contribution in [1.82, 2.24) is 10.2 Å². The topological polar surface area (TPSA) is 58.6 Å². The number of amides is 2. The molecule has 2 fully saturated rings. The highest BCUT2D eigenvalue weighted by Crippen LogP contribution is 2.23. The Morgan fingerprint density at radius 2 is 1.70 bits per heavy atom. The summed E-state index contributed by atoms with van der Waals surface area (Å²) in [5, 5.41) is 2.92.